The van der Waals surface area contributed by atoms with Crippen LogP contribution in [-0.4, -0.2) is 66.4 Å². The molecule has 0 aromatic rings. The van der Waals surface area contributed by atoms with E-state index in [1.54, 1.807) is 0 Å². The van der Waals surface area contributed by atoms with Crippen molar-refractivity contribution in [2.45, 2.75) is 117 Å². The molecular weight excluding hydrogens is 450 g/mol. The Bertz CT molecular complexity index is 284. The number of rotatable bonds is 15. The normalized spacial score (nSPS) is 10.7. The Hall–Kier alpha value is 1.44. The number of hydrogen-bond donors (Lipinski definition) is 0. The predicted molar refractivity (Wildman–Crippen MR) is 101 cm³/mol. The van der Waals surface area contributed by atoms with Crippen LogP contribution in [0.5, 0.6) is 0 Å². The second kappa shape index (κ2) is 24.4. The van der Waals surface area contributed by atoms with Crippen LogP contribution in [0.15, 0.2) is 0 Å². The van der Waals surface area contributed by atoms with Gasteiger partial charge in [0.05, 0.1) is 0 Å². The molecule has 0 fully saturated rings. The van der Waals surface area contributed by atoms with E-state index >= 15 is 0 Å². The van der Waals surface area contributed by atoms with Crippen LogP contribution in [0.4, 0.5) is 0 Å². The van der Waals surface area contributed by atoms with Gasteiger partial charge in [0.15, 0.2) is 0 Å². The van der Waals surface area contributed by atoms with E-state index in [1.807, 2.05) is 0 Å². The molecule has 0 amide bonds. The fraction of sp³-hybridized carbons (Fsp3) is 1.00. The first-order valence-electron chi connectivity index (χ1n) is 9.58. The van der Waals surface area contributed by atoms with Gasteiger partial charge in [0, 0.05) is 10.4 Å². The second-order valence-electron chi connectivity index (χ2n) is 6.36. The van der Waals surface area contributed by atoms with Gasteiger partial charge in [-0.2, -0.15) is 0 Å². The molecule has 4 nitrogen and oxygen atoms in total. The third kappa shape index (κ3) is 43.7. The van der Waals surface area contributed by atoms with Gasteiger partial charge in [-0.05, 0) is 0 Å². The van der Waals surface area contributed by atoms with Crippen molar-refractivity contribution in [2.75, 3.05) is 0 Å². The monoisotopic (exact) mass is 488 g/mol. The first-order chi connectivity index (χ1) is 10.9. The van der Waals surface area contributed by atoms with E-state index in [9.17, 15) is 0 Å². The molecule has 0 rings (SSSR count). The summed E-state index contributed by atoms with van der Waals surface area (Å²) in [5.41, 5.74) is 0. The SMILES string of the molecule is CCCCCCCCCCCCCCCCCC.O=S(=O)([O-])[O-].[Ba+2]. The summed E-state index contributed by atoms with van der Waals surface area (Å²) in [6.07, 6.45) is 23.4. The molecule has 0 saturated carbocycles. The minimum atomic E-state index is -5.17. The zero-order chi connectivity index (χ0) is 17.8. The average Bonchev–Trinajstić information content (AvgIpc) is 2.46. The predicted octanol–water partition coefficient (Wildman–Crippen LogP) is 5.55. The first kappa shape index (κ1) is 30.2. The van der Waals surface area contributed by atoms with Crippen LogP contribution in [0.3, 0.4) is 0 Å². The molecule has 0 atom stereocenters. The van der Waals surface area contributed by atoms with Crippen LogP contribution in [0.1, 0.15) is 117 Å². The Morgan fingerprint density at radius 3 is 0.750 bits per heavy atom. The van der Waals surface area contributed by atoms with Crippen molar-refractivity contribution < 1.29 is 17.5 Å². The molecule has 142 valence electrons. The smallest absolute Gasteiger partial charge is 0.759 e. The van der Waals surface area contributed by atoms with E-state index < -0.39 is 10.4 Å². The van der Waals surface area contributed by atoms with Gasteiger partial charge in [0.2, 0.25) is 0 Å². The molecule has 0 aromatic carbocycles. The van der Waals surface area contributed by atoms with Crippen molar-refractivity contribution in [1.29, 1.82) is 0 Å². The van der Waals surface area contributed by atoms with Gasteiger partial charge in [-0.15, -0.1) is 0 Å². The van der Waals surface area contributed by atoms with Crippen molar-refractivity contribution >= 4 is 59.3 Å². The van der Waals surface area contributed by atoms with Gasteiger partial charge in [-0.1, -0.05) is 117 Å². The summed E-state index contributed by atoms with van der Waals surface area (Å²) in [4.78, 5) is 0. The quantitative estimate of drug-likeness (QED) is 0.131. The van der Waals surface area contributed by atoms with Gasteiger partial charge >= 0.3 is 48.9 Å². The molecule has 0 aliphatic carbocycles. The summed E-state index contributed by atoms with van der Waals surface area (Å²) in [6, 6.07) is 0. The Labute approximate surface area is 191 Å². The molecule has 0 N–H and O–H groups in total. The van der Waals surface area contributed by atoms with Crippen LogP contribution in [-0.2, 0) is 10.4 Å². The number of hydrogen-bond acceptors (Lipinski definition) is 4. The third-order valence-electron chi connectivity index (χ3n) is 3.96. The molecule has 0 aliphatic rings. The summed E-state index contributed by atoms with van der Waals surface area (Å²) < 4.78 is 34.1. The minimum Gasteiger partial charge on any atom is -0.759 e. The minimum absolute atomic E-state index is 0. The van der Waals surface area contributed by atoms with E-state index in [0.29, 0.717) is 0 Å². The Morgan fingerprint density at radius 1 is 0.500 bits per heavy atom. The summed E-state index contributed by atoms with van der Waals surface area (Å²) in [5, 5.41) is 0. The van der Waals surface area contributed by atoms with Crippen molar-refractivity contribution in [1.82, 2.24) is 0 Å². The fourth-order valence-corrected chi connectivity index (χ4v) is 2.62. The molecule has 0 spiro atoms. The van der Waals surface area contributed by atoms with Crippen LogP contribution >= 0.6 is 0 Å². The topological polar surface area (TPSA) is 80.3 Å². The Morgan fingerprint density at radius 2 is 0.625 bits per heavy atom. The number of unbranched alkanes of at least 4 members (excludes halogenated alkanes) is 15. The summed E-state index contributed by atoms with van der Waals surface area (Å²) in [6.45, 7) is 4.59. The van der Waals surface area contributed by atoms with Crippen molar-refractivity contribution in [3.8, 4) is 0 Å². The largest absolute Gasteiger partial charge is 2.00 e. The molecule has 0 unspecified atom stereocenters. The van der Waals surface area contributed by atoms with Gasteiger partial charge in [-0.3, -0.25) is 8.42 Å². The third-order valence-corrected chi connectivity index (χ3v) is 3.96. The van der Waals surface area contributed by atoms with Gasteiger partial charge in [0.1, 0.15) is 0 Å². The average molecular weight is 488 g/mol. The van der Waals surface area contributed by atoms with E-state index in [1.165, 1.54) is 103 Å². The first-order valence-corrected chi connectivity index (χ1v) is 10.9. The molecular formula is C18H38BaO4S. The van der Waals surface area contributed by atoms with Crippen LogP contribution in [0, 0.1) is 0 Å². The van der Waals surface area contributed by atoms with E-state index in [2.05, 4.69) is 13.8 Å². The van der Waals surface area contributed by atoms with E-state index in [4.69, 9.17) is 17.5 Å². The zero-order valence-electron chi connectivity index (χ0n) is 16.1. The molecule has 0 heterocycles. The molecule has 0 bridgehead atoms. The maximum atomic E-state index is 8.52. The fourth-order valence-electron chi connectivity index (χ4n) is 2.62. The van der Waals surface area contributed by atoms with E-state index in [0.717, 1.165) is 0 Å². The second-order valence-corrected chi connectivity index (χ2v) is 7.17. The van der Waals surface area contributed by atoms with Crippen molar-refractivity contribution in [3.63, 3.8) is 0 Å². The van der Waals surface area contributed by atoms with E-state index in [-0.39, 0.29) is 48.9 Å². The van der Waals surface area contributed by atoms with Crippen LogP contribution in [0.25, 0.3) is 0 Å². The van der Waals surface area contributed by atoms with Crippen molar-refractivity contribution in [3.05, 3.63) is 0 Å². The molecule has 24 heavy (non-hydrogen) atoms. The van der Waals surface area contributed by atoms with Gasteiger partial charge in [0.25, 0.3) is 0 Å². The maximum Gasteiger partial charge on any atom is 2.00 e. The maximum absolute atomic E-state index is 8.52. The Kier molecular flexibility index (Phi) is 30.7. The summed E-state index contributed by atoms with van der Waals surface area (Å²) >= 11 is 0. The molecule has 0 saturated heterocycles. The standard InChI is InChI=1S/C18H38.Ba.H2O4S/c1-3-5-7-9-11-13-15-17-18-16-14-12-10-8-6-4-2;;1-5(2,3)4/h3-18H2,1-2H3;;(H2,1,2,3,4)/q;+2;/p-2. The molecule has 0 aromatic heterocycles. The van der Waals surface area contributed by atoms with Crippen LogP contribution < -0.4 is 0 Å². The van der Waals surface area contributed by atoms with Crippen molar-refractivity contribution in [2.24, 2.45) is 0 Å². The molecule has 6 heteroatoms. The van der Waals surface area contributed by atoms with Gasteiger partial charge < -0.3 is 9.11 Å². The van der Waals surface area contributed by atoms with Crippen LogP contribution in [0.2, 0.25) is 0 Å². The molecule has 0 radical (unpaired) electrons. The zero-order valence-corrected chi connectivity index (χ0v) is 21.3. The Balaban J connectivity index is -0.000000639. The van der Waals surface area contributed by atoms with Gasteiger partial charge in [-0.25, -0.2) is 0 Å². The summed E-state index contributed by atoms with van der Waals surface area (Å²) in [5.74, 6) is 0. The summed E-state index contributed by atoms with van der Waals surface area (Å²) in [7, 11) is -5.17. The molecule has 0 aliphatic heterocycles.